The molecule has 3 amide bonds. The second kappa shape index (κ2) is 6.85. The molecule has 1 saturated heterocycles. The minimum Gasteiger partial charge on any atom is -0.345 e. The third kappa shape index (κ3) is 3.15. The first kappa shape index (κ1) is 17.2. The maximum atomic E-state index is 12.7. The van der Waals surface area contributed by atoms with E-state index in [-0.39, 0.29) is 36.6 Å². The topological polar surface area (TPSA) is 66.5 Å². The average molecular weight is 389 g/mol. The van der Waals surface area contributed by atoms with Crippen molar-refractivity contribution in [3.05, 3.63) is 50.7 Å². The summed E-state index contributed by atoms with van der Waals surface area (Å²) in [4.78, 5) is 39.0. The molecule has 5 nitrogen and oxygen atoms in total. The Morgan fingerprint density at radius 3 is 2.69 bits per heavy atom. The van der Waals surface area contributed by atoms with Gasteiger partial charge in [0, 0.05) is 23.3 Å². The van der Waals surface area contributed by atoms with Crippen LogP contribution in [0, 0.1) is 0 Å². The number of carbonyl (C=O) groups is 3. The van der Waals surface area contributed by atoms with Gasteiger partial charge in [-0.25, -0.2) is 0 Å². The lowest BCUT2D eigenvalue weighted by molar-refractivity contribution is -0.121. The molecule has 26 heavy (non-hydrogen) atoms. The quantitative estimate of drug-likeness (QED) is 0.812. The predicted molar refractivity (Wildman–Crippen MR) is 101 cm³/mol. The van der Waals surface area contributed by atoms with Crippen molar-refractivity contribution < 1.29 is 14.4 Å². The molecular weight excluding hydrogens is 372 g/mol. The van der Waals surface area contributed by atoms with Crippen LogP contribution in [-0.2, 0) is 16.0 Å². The Morgan fingerprint density at radius 2 is 1.92 bits per heavy atom. The third-order valence-electron chi connectivity index (χ3n) is 4.81. The molecule has 1 atom stereocenters. The van der Waals surface area contributed by atoms with Crippen LogP contribution in [0.3, 0.4) is 0 Å². The number of imide groups is 1. The van der Waals surface area contributed by atoms with E-state index >= 15 is 0 Å². The molecule has 0 saturated carbocycles. The summed E-state index contributed by atoms with van der Waals surface area (Å²) in [7, 11) is 0. The maximum Gasteiger partial charge on any atom is 0.251 e. The largest absolute Gasteiger partial charge is 0.345 e. The summed E-state index contributed by atoms with van der Waals surface area (Å²) in [6, 6.07) is 8.53. The van der Waals surface area contributed by atoms with Gasteiger partial charge in [0.05, 0.1) is 16.1 Å². The molecule has 1 fully saturated rings. The van der Waals surface area contributed by atoms with Gasteiger partial charge >= 0.3 is 0 Å². The van der Waals surface area contributed by atoms with Crippen molar-refractivity contribution in [2.75, 3.05) is 4.90 Å². The van der Waals surface area contributed by atoms with Gasteiger partial charge in [-0.3, -0.25) is 19.3 Å². The number of halogens is 1. The number of fused-ring (bicyclic) bond motifs is 1. The molecule has 1 aromatic heterocycles. The number of anilines is 1. The van der Waals surface area contributed by atoms with E-state index in [1.165, 1.54) is 4.88 Å². The van der Waals surface area contributed by atoms with Crippen molar-refractivity contribution in [1.82, 2.24) is 5.32 Å². The molecule has 0 radical (unpaired) electrons. The molecule has 7 heteroatoms. The Hall–Kier alpha value is -2.18. The second-order valence-corrected chi connectivity index (χ2v) is 8.29. The molecule has 1 aliphatic carbocycles. The first-order valence-corrected chi connectivity index (χ1v) is 9.77. The lowest BCUT2D eigenvalue weighted by Gasteiger charge is -2.24. The number of rotatable bonds is 3. The summed E-state index contributed by atoms with van der Waals surface area (Å²) in [5, 5.41) is 3.07. The van der Waals surface area contributed by atoms with Crippen LogP contribution < -0.4 is 10.2 Å². The highest BCUT2D eigenvalue weighted by molar-refractivity contribution is 7.16. The summed E-state index contributed by atoms with van der Waals surface area (Å²) < 4.78 is 0.740. The van der Waals surface area contributed by atoms with Crippen molar-refractivity contribution in [2.45, 2.75) is 38.1 Å². The van der Waals surface area contributed by atoms with Crippen molar-refractivity contribution in [1.29, 1.82) is 0 Å². The normalized spacial score (nSPS) is 19.6. The molecule has 2 heterocycles. The summed E-state index contributed by atoms with van der Waals surface area (Å²) in [6.07, 6.45) is 3.31. The monoisotopic (exact) mass is 388 g/mol. The minimum absolute atomic E-state index is 0.0614. The lowest BCUT2D eigenvalue weighted by atomic mass is 9.94. The Morgan fingerprint density at radius 1 is 1.15 bits per heavy atom. The standard InChI is InChI=1S/C19H17ClN2O3S/c20-16-10-13-14(5-2-6-15(13)26-16)21-19(25)11-3-1-4-12(9-11)22-17(23)7-8-18(22)24/h1,3-4,9-10,14H,2,5-8H2,(H,21,25). The molecule has 0 spiro atoms. The molecule has 4 rings (SSSR count). The van der Waals surface area contributed by atoms with Gasteiger partial charge in [-0.15, -0.1) is 11.3 Å². The van der Waals surface area contributed by atoms with E-state index in [0.29, 0.717) is 11.3 Å². The van der Waals surface area contributed by atoms with Gasteiger partial charge in [0.15, 0.2) is 0 Å². The molecule has 0 bridgehead atoms. The Kier molecular flexibility index (Phi) is 4.54. The van der Waals surface area contributed by atoms with E-state index in [1.54, 1.807) is 35.6 Å². The second-order valence-electron chi connectivity index (χ2n) is 6.52. The van der Waals surface area contributed by atoms with Crippen LogP contribution in [0.5, 0.6) is 0 Å². The Balaban J connectivity index is 1.55. The maximum absolute atomic E-state index is 12.7. The lowest BCUT2D eigenvalue weighted by Crippen LogP contribution is -2.31. The number of thiophene rings is 1. The van der Waals surface area contributed by atoms with Crippen molar-refractivity contribution >= 4 is 46.3 Å². The van der Waals surface area contributed by atoms with Crippen LogP contribution in [0.25, 0.3) is 0 Å². The zero-order chi connectivity index (χ0) is 18.3. The molecule has 2 aliphatic rings. The minimum atomic E-state index is -0.225. The molecule has 1 aromatic carbocycles. The highest BCUT2D eigenvalue weighted by Crippen LogP contribution is 2.38. The zero-order valence-corrected chi connectivity index (χ0v) is 15.5. The van der Waals surface area contributed by atoms with Gasteiger partial charge in [-0.1, -0.05) is 17.7 Å². The fourth-order valence-corrected chi connectivity index (χ4v) is 4.95. The van der Waals surface area contributed by atoms with Crippen LogP contribution in [0.4, 0.5) is 5.69 Å². The fraction of sp³-hybridized carbons (Fsp3) is 0.316. The first-order chi connectivity index (χ1) is 12.5. The van der Waals surface area contributed by atoms with E-state index in [4.69, 9.17) is 11.6 Å². The number of benzene rings is 1. The summed E-state index contributed by atoms with van der Waals surface area (Å²) in [6.45, 7) is 0. The van der Waals surface area contributed by atoms with Crippen molar-refractivity contribution in [2.24, 2.45) is 0 Å². The number of hydrogen-bond acceptors (Lipinski definition) is 4. The predicted octanol–water partition coefficient (Wildman–Crippen LogP) is 3.86. The number of hydrogen-bond donors (Lipinski definition) is 1. The van der Waals surface area contributed by atoms with Gasteiger partial charge in [-0.05, 0) is 49.1 Å². The zero-order valence-electron chi connectivity index (χ0n) is 14.0. The van der Waals surface area contributed by atoms with Gasteiger partial charge in [0.2, 0.25) is 11.8 Å². The van der Waals surface area contributed by atoms with E-state index in [0.717, 1.165) is 34.1 Å². The number of nitrogens with zero attached hydrogens (tertiary/aromatic N) is 1. The average Bonchev–Trinajstić information content (AvgIpc) is 3.17. The smallest absolute Gasteiger partial charge is 0.251 e. The Bertz CT molecular complexity index is 892. The molecule has 134 valence electrons. The third-order valence-corrected chi connectivity index (χ3v) is 6.15. The Labute approximate surface area is 159 Å². The molecule has 1 N–H and O–H groups in total. The van der Waals surface area contributed by atoms with E-state index in [9.17, 15) is 14.4 Å². The van der Waals surface area contributed by atoms with Gasteiger partial charge in [0.25, 0.3) is 5.91 Å². The fourth-order valence-electron chi connectivity index (χ4n) is 3.56. The number of nitrogens with one attached hydrogen (secondary N) is 1. The SMILES string of the molecule is O=C(NC1CCCc2sc(Cl)cc21)c1cccc(N2C(=O)CCC2=O)c1. The van der Waals surface area contributed by atoms with E-state index < -0.39 is 0 Å². The molecular formula is C19H17ClN2O3S. The highest BCUT2D eigenvalue weighted by atomic mass is 35.5. The van der Waals surface area contributed by atoms with E-state index in [1.807, 2.05) is 6.07 Å². The summed E-state index contributed by atoms with van der Waals surface area (Å²) >= 11 is 7.70. The number of carbonyl (C=O) groups excluding carboxylic acids is 3. The van der Waals surface area contributed by atoms with Crippen LogP contribution in [-0.4, -0.2) is 17.7 Å². The van der Waals surface area contributed by atoms with Crippen molar-refractivity contribution in [3.63, 3.8) is 0 Å². The molecule has 2 aromatic rings. The van der Waals surface area contributed by atoms with Crippen LogP contribution in [0.15, 0.2) is 30.3 Å². The van der Waals surface area contributed by atoms with Crippen LogP contribution in [0.1, 0.15) is 52.5 Å². The van der Waals surface area contributed by atoms with E-state index in [2.05, 4.69) is 5.32 Å². The van der Waals surface area contributed by atoms with Gasteiger partial charge in [-0.2, -0.15) is 0 Å². The highest BCUT2D eigenvalue weighted by Gasteiger charge is 2.31. The molecule has 1 unspecified atom stereocenters. The first-order valence-electron chi connectivity index (χ1n) is 8.58. The van der Waals surface area contributed by atoms with Gasteiger partial charge < -0.3 is 5.32 Å². The number of amides is 3. The van der Waals surface area contributed by atoms with Gasteiger partial charge in [0.1, 0.15) is 0 Å². The summed E-state index contributed by atoms with van der Waals surface area (Å²) in [5.74, 6) is -0.666. The van der Waals surface area contributed by atoms with Crippen molar-refractivity contribution in [3.8, 4) is 0 Å². The van der Waals surface area contributed by atoms with Crippen LogP contribution in [0.2, 0.25) is 4.34 Å². The number of aryl methyl sites for hydroxylation is 1. The van der Waals surface area contributed by atoms with Crippen LogP contribution >= 0.6 is 22.9 Å². The molecule has 1 aliphatic heterocycles. The summed E-state index contributed by atoms with van der Waals surface area (Å²) in [5.41, 5.74) is 1.98.